The fraction of sp³-hybridized carbons (Fsp3) is 0.594. The van der Waals surface area contributed by atoms with E-state index in [-0.39, 0.29) is 41.0 Å². The fourth-order valence-electron chi connectivity index (χ4n) is 8.56. The van der Waals surface area contributed by atoms with Gasteiger partial charge in [0.15, 0.2) is 5.82 Å². The lowest BCUT2D eigenvalue weighted by Crippen LogP contribution is -2.51. The molecule has 5 aliphatic rings. The molecule has 4 fully saturated rings. The maximum atomic E-state index is 16.7. The normalized spacial score (nSPS) is 30.6. The predicted octanol–water partition coefficient (Wildman–Crippen LogP) is 4.87. The van der Waals surface area contributed by atoms with Crippen LogP contribution in [0, 0.1) is 5.82 Å². The Morgan fingerprint density at radius 2 is 1.95 bits per heavy atom. The lowest BCUT2D eigenvalue weighted by atomic mass is 9.80. The highest BCUT2D eigenvalue weighted by Crippen LogP contribution is 2.43. The molecule has 6 heterocycles. The number of halogens is 2. The predicted molar refractivity (Wildman–Crippen MR) is 156 cm³/mol. The fourth-order valence-corrected chi connectivity index (χ4v) is 8.56. The van der Waals surface area contributed by atoms with E-state index >= 15 is 4.39 Å². The Morgan fingerprint density at radius 3 is 2.79 bits per heavy atom. The summed E-state index contributed by atoms with van der Waals surface area (Å²) in [6, 6.07) is 4.28. The first-order valence-corrected chi connectivity index (χ1v) is 15.6. The first kappa shape index (κ1) is 26.5. The Hall–Kier alpha value is -3.11. The number of alkyl halides is 1. The smallest absolute Gasteiger partial charge is 0.319 e. The number of hydrogen-bond acceptors (Lipinski definition) is 8. The number of rotatable bonds is 5. The summed E-state index contributed by atoms with van der Waals surface area (Å²) in [7, 11) is 0. The number of nitrogens with one attached hydrogen (secondary N) is 1. The Balaban J connectivity index is 1.24. The van der Waals surface area contributed by atoms with Crippen LogP contribution in [0.15, 0.2) is 18.3 Å². The number of hydrogen-bond donors (Lipinski definition) is 2. The van der Waals surface area contributed by atoms with Crippen LogP contribution in [0.25, 0.3) is 22.2 Å². The summed E-state index contributed by atoms with van der Waals surface area (Å²) < 4.78 is 37.4. The summed E-state index contributed by atoms with van der Waals surface area (Å²) in [4.78, 5) is 18.6. The van der Waals surface area contributed by atoms with Gasteiger partial charge in [0.05, 0.1) is 10.9 Å². The van der Waals surface area contributed by atoms with Crippen molar-refractivity contribution in [2.24, 2.45) is 0 Å². The number of ether oxygens (including phenoxy) is 1. The van der Waals surface area contributed by atoms with Crippen LogP contribution >= 0.6 is 0 Å². The molecule has 222 valence electrons. The first-order valence-electron chi connectivity index (χ1n) is 15.6. The van der Waals surface area contributed by atoms with Crippen LogP contribution in [-0.2, 0) is 6.42 Å². The molecule has 5 atom stereocenters. The molecule has 8 nitrogen and oxygen atoms in total. The van der Waals surface area contributed by atoms with E-state index in [0.29, 0.717) is 41.8 Å². The summed E-state index contributed by atoms with van der Waals surface area (Å²) in [5.41, 5.74) is 2.73. The number of anilines is 1. The number of aromatic hydroxyl groups is 1. The largest absolute Gasteiger partial charge is 0.508 e. The molecule has 2 bridgehead atoms. The van der Waals surface area contributed by atoms with Crippen LogP contribution in [0.4, 0.5) is 14.6 Å². The van der Waals surface area contributed by atoms with E-state index in [1.807, 2.05) is 0 Å². The Kier molecular flexibility index (Phi) is 6.30. The van der Waals surface area contributed by atoms with Crippen LogP contribution in [0.2, 0.25) is 0 Å². The van der Waals surface area contributed by atoms with Crippen molar-refractivity contribution in [2.45, 2.75) is 88.0 Å². The van der Waals surface area contributed by atoms with Crippen molar-refractivity contribution >= 4 is 16.7 Å². The van der Waals surface area contributed by atoms with Gasteiger partial charge in [0.25, 0.3) is 0 Å². The summed E-state index contributed by atoms with van der Waals surface area (Å²) in [5, 5.41) is 14.8. The number of pyridine rings is 1. The van der Waals surface area contributed by atoms with Crippen molar-refractivity contribution in [2.75, 3.05) is 37.7 Å². The van der Waals surface area contributed by atoms with Crippen LogP contribution < -0.4 is 15.0 Å². The van der Waals surface area contributed by atoms with Gasteiger partial charge in [-0.15, -0.1) is 0 Å². The van der Waals surface area contributed by atoms with Crippen molar-refractivity contribution in [3.05, 3.63) is 35.3 Å². The lowest BCUT2D eigenvalue weighted by molar-refractivity contribution is 0.107. The molecule has 0 saturated carbocycles. The molecule has 2 N–H and O–H groups in total. The van der Waals surface area contributed by atoms with E-state index in [1.165, 1.54) is 0 Å². The molecular weight excluding hydrogens is 538 g/mol. The molecular formula is C32H38F2N6O2. The molecule has 2 aromatic heterocycles. The third kappa shape index (κ3) is 4.32. The molecule has 1 aromatic carbocycles. The molecule has 8 rings (SSSR count). The van der Waals surface area contributed by atoms with Gasteiger partial charge >= 0.3 is 6.01 Å². The molecule has 1 unspecified atom stereocenters. The molecule has 42 heavy (non-hydrogen) atoms. The third-order valence-electron chi connectivity index (χ3n) is 10.5. The van der Waals surface area contributed by atoms with Crippen molar-refractivity contribution in [1.82, 2.24) is 25.2 Å². The summed E-state index contributed by atoms with van der Waals surface area (Å²) >= 11 is 0. The van der Waals surface area contributed by atoms with Crippen molar-refractivity contribution in [3.63, 3.8) is 0 Å². The quantitative estimate of drug-likeness (QED) is 0.445. The maximum absolute atomic E-state index is 16.7. The van der Waals surface area contributed by atoms with Crippen LogP contribution in [0.5, 0.6) is 11.8 Å². The third-order valence-corrected chi connectivity index (χ3v) is 10.5. The number of phenols is 1. The van der Waals surface area contributed by atoms with Gasteiger partial charge in [0.1, 0.15) is 35.6 Å². The minimum absolute atomic E-state index is 0.117. The van der Waals surface area contributed by atoms with Gasteiger partial charge in [0.2, 0.25) is 0 Å². The first-order chi connectivity index (χ1) is 20.4. The molecule has 10 heteroatoms. The molecule has 0 amide bonds. The van der Waals surface area contributed by atoms with Gasteiger partial charge in [0, 0.05) is 49.9 Å². The summed E-state index contributed by atoms with van der Waals surface area (Å²) in [6.45, 7) is 5.27. The Bertz CT molecular complexity index is 1540. The molecule has 4 aliphatic heterocycles. The minimum atomic E-state index is -0.861. The number of fused-ring (bicyclic) bond motifs is 5. The second kappa shape index (κ2) is 9.98. The number of piperazine rings is 1. The zero-order valence-electron chi connectivity index (χ0n) is 24.1. The lowest BCUT2D eigenvalue weighted by Gasteiger charge is -2.34. The van der Waals surface area contributed by atoms with Crippen LogP contribution in [0.1, 0.15) is 68.9 Å². The second-order valence-corrected chi connectivity index (χ2v) is 13.3. The number of benzene rings is 1. The Morgan fingerprint density at radius 1 is 1.12 bits per heavy atom. The molecule has 4 saturated heterocycles. The van der Waals surface area contributed by atoms with Gasteiger partial charge < -0.3 is 20.1 Å². The highest BCUT2D eigenvalue weighted by atomic mass is 19.1. The van der Waals surface area contributed by atoms with E-state index in [4.69, 9.17) is 9.72 Å². The van der Waals surface area contributed by atoms with Crippen molar-refractivity contribution in [1.29, 1.82) is 0 Å². The van der Waals surface area contributed by atoms with E-state index in [2.05, 4.69) is 32.0 Å². The molecule has 0 spiro atoms. The molecule has 0 radical (unpaired) electrons. The Labute approximate surface area is 244 Å². The zero-order chi connectivity index (χ0) is 28.6. The number of nitrogens with zero attached hydrogens (tertiary/aromatic N) is 5. The monoisotopic (exact) mass is 576 g/mol. The maximum Gasteiger partial charge on any atom is 0.319 e. The van der Waals surface area contributed by atoms with Gasteiger partial charge in [-0.2, -0.15) is 9.97 Å². The number of aryl methyl sites for hydroxylation is 1. The number of aromatic nitrogens is 3. The van der Waals surface area contributed by atoms with Gasteiger partial charge in [-0.3, -0.25) is 9.88 Å². The van der Waals surface area contributed by atoms with E-state index < -0.39 is 12.0 Å². The highest BCUT2D eigenvalue weighted by molar-refractivity contribution is 5.92. The van der Waals surface area contributed by atoms with Crippen molar-refractivity contribution < 1.29 is 18.6 Å². The average molecular weight is 577 g/mol. The molecule has 3 aromatic rings. The van der Waals surface area contributed by atoms with E-state index in [0.717, 1.165) is 75.7 Å². The zero-order valence-corrected chi connectivity index (χ0v) is 24.1. The number of phenolic OH excluding ortho intramolecular Hbond substituents is 1. The van der Waals surface area contributed by atoms with Gasteiger partial charge in [-0.05, 0) is 80.7 Å². The summed E-state index contributed by atoms with van der Waals surface area (Å²) in [6.07, 6.45) is 8.26. The van der Waals surface area contributed by atoms with Crippen molar-refractivity contribution in [3.8, 4) is 23.0 Å². The van der Waals surface area contributed by atoms with Crippen LogP contribution in [-0.4, -0.2) is 81.5 Å². The minimum Gasteiger partial charge on any atom is -0.508 e. The average Bonchev–Trinajstić information content (AvgIpc) is 3.61. The summed E-state index contributed by atoms with van der Waals surface area (Å²) in [5.74, 6) is 0.450. The van der Waals surface area contributed by atoms with Gasteiger partial charge in [-0.25, -0.2) is 8.78 Å². The van der Waals surface area contributed by atoms with Gasteiger partial charge in [-0.1, -0.05) is 6.92 Å². The standard InChI is InChI=1S/C32H38F2N6O2/c1-18-4-2-5-19-10-23(41)11-24(26(18)19)28-27(34)29-25(13-35-28)30(39-15-21-6-7-22(16-39)36-21)38-31(37-29)42-17-32-8-3-9-40(32)14-20(33)12-32/h10-11,13,18,20-22,36,41H,2-9,12,14-17H2,1H3/t18?,20-,21-,22+,32+/m1/s1. The SMILES string of the molecule is CC1CCCc2cc(O)cc(-c3ncc4c(N5C[C@H]6CC[C@@H](C5)N6)nc(OC[C@@]56CCCN5C[C@H](F)C6)nc4c3F)c21. The van der Waals surface area contributed by atoms with Crippen LogP contribution in [0.3, 0.4) is 0 Å². The molecule has 1 aliphatic carbocycles. The topological polar surface area (TPSA) is 86.6 Å². The second-order valence-electron chi connectivity index (χ2n) is 13.3. The van der Waals surface area contributed by atoms with E-state index in [9.17, 15) is 9.50 Å². The van der Waals surface area contributed by atoms with E-state index in [1.54, 1.807) is 18.3 Å². The highest BCUT2D eigenvalue weighted by Gasteiger charge is 2.49.